The van der Waals surface area contributed by atoms with Crippen molar-refractivity contribution in [3.05, 3.63) is 35.9 Å². The minimum atomic E-state index is 0.523. The van der Waals surface area contributed by atoms with Gasteiger partial charge in [0.15, 0.2) is 7.98 Å². The molecule has 1 aliphatic carbocycles. The van der Waals surface area contributed by atoms with Crippen LogP contribution in [0.5, 0.6) is 0 Å². The Labute approximate surface area is 99.3 Å². The Morgan fingerprint density at radius 3 is 2.25 bits per heavy atom. The molecular formula is C13H19BN2. The Balaban J connectivity index is 1.72. The average molecular weight is 214 g/mol. The van der Waals surface area contributed by atoms with Gasteiger partial charge in [-0.15, -0.1) is 0 Å². The molecular weight excluding hydrogens is 195 g/mol. The first-order valence-corrected chi connectivity index (χ1v) is 6.12. The molecule has 0 aromatic heterocycles. The molecule has 2 N–H and O–H groups in total. The number of hydrogen-bond donors (Lipinski definition) is 2. The van der Waals surface area contributed by atoms with Crippen molar-refractivity contribution in [2.75, 3.05) is 0 Å². The summed E-state index contributed by atoms with van der Waals surface area (Å²) in [6.45, 7) is 0.978. The van der Waals surface area contributed by atoms with E-state index in [1.807, 2.05) is 0 Å². The molecule has 2 nitrogen and oxygen atoms in total. The summed E-state index contributed by atoms with van der Waals surface area (Å²) in [6, 6.07) is 11.7. The summed E-state index contributed by atoms with van der Waals surface area (Å²) in [5, 5.41) is 6.48. The molecule has 1 saturated carbocycles. The van der Waals surface area contributed by atoms with E-state index in [0.29, 0.717) is 12.1 Å². The second kappa shape index (κ2) is 6.07. The van der Waals surface area contributed by atoms with Gasteiger partial charge in [0.2, 0.25) is 0 Å². The van der Waals surface area contributed by atoms with Gasteiger partial charge in [0.25, 0.3) is 0 Å². The lowest BCUT2D eigenvalue weighted by atomic mass is 9.90. The maximum atomic E-state index is 5.44. The molecule has 0 unspecified atom stereocenters. The molecule has 0 spiro atoms. The molecule has 2 rings (SSSR count). The normalized spacial score (nSPS) is 25.5. The zero-order valence-corrected chi connectivity index (χ0v) is 9.65. The lowest BCUT2D eigenvalue weighted by molar-refractivity contribution is 0.330. The molecule has 2 radical (unpaired) electrons. The first-order chi connectivity index (χ1) is 7.88. The molecule has 1 aromatic carbocycles. The van der Waals surface area contributed by atoms with Crippen molar-refractivity contribution >= 4 is 7.98 Å². The van der Waals surface area contributed by atoms with E-state index >= 15 is 0 Å². The summed E-state index contributed by atoms with van der Waals surface area (Å²) in [4.78, 5) is 0. The zero-order chi connectivity index (χ0) is 11.2. The third-order valence-corrected chi connectivity index (χ3v) is 3.40. The minimum Gasteiger partial charge on any atom is -0.364 e. The third-order valence-electron chi connectivity index (χ3n) is 3.40. The molecule has 16 heavy (non-hydrogen) atoms. The van der Waals surface area contributed by atoms with Crippen molar-refractivity contribution in [3.8, 4) is 0 Å². The van der Waals surface area contributed by atoms with E-state index in [1.54, 1.807) is 0 Å². The van der Waals surface area contributed by atoms with Crippen molar-refractivity contribution < 1.29 is 0 Å². The Morgan fingerprint density at radius 1 is 1.00 bits per heavy atom. The van der Waals surface area contributed by atoms with E-state index in [-0.39, 0.29) is 0 Å². The molecule has 1 fully saturated rings. The quantitative estimate of drug-likeness (QED) is 0.746. The second-order valence-electron chi connectivity index (χ2n) is 4.58. The van der Waals surface area contributed by atoms with Crippen LogP contribution in [-0.2, 0) is 6.54 Å². The summed E-state index contributed by atoms with van der Waals surface area (Å²) in [7, 11) is 5.44. The van der Waals surface area contributed by atoms with Crippen LogP contribution in [0.25, 0.3) is 0 Å². The van der Waals surface area contributed by atoms with Crippen LogP contribution in [-0.4, -0.2) is 20.1 Å². The van der Waals surface area contributed by atoms with Crippen LogP contribution in [0, 0.1) is 0 Å². The van der Waals surface area contributed by atoms with Crippen LogP contribution in [0.4, 0.5) is 0 Å². The van der Waals surface area contributed by atoms with E-state index in [9.17, 15) is 0 Å². The van der Waals surface area contributed by atoms with Crippen LogP contribution in [0.1, 0.15) is 31.2 Å². The van der Waals surface area contributed by atoms with Gasteiger partial charge in [0.05, 0.1) is 0 Å². The number of benzene rings is 1. The van der Waals surface area contributed by atoms with Gasteiger partial charge in [-0.2, -0.15) is 0 Å². The summed E-state index contributed by atoms with van der Waals surface area (Å²) in [6.07, 6.45) is 4.81. The molecule has 0 atom stereocenters. The lowest BCUT2D eigenvalue weighted by Crippen LogP contribution is -2.38. The first-order valence-electron chi connectivity index (χ1n) is 6.12. The van der Waals surface area contributed by atoms with Crippen LogP contribution >= 0.6 is 0 Å². The molecule has 84 valence electrons. The second-order valence-corrected chi connectivity index (χ2v) is 4.58. The summed E-state index contributed by atoms with van der Waals surface area (Å²) < 4.78 is 0. The van der Waals surface area contributed by atoms with Gasteiger partial charge in [-0.05, 0) is 37.3 Å². The van der Waals surface area contributed by atoms with E-state index in [2.05, 4.69) is 40.9 Å². The Kier molecular flexibility index (Phi) is 4.43. The topological polar surface area (TPSA) is 24.1 Å². The fourth-order valence-corrected chi connectivity index (χ4v) is 2.32. The summed E-state index contributed by atoms with van der Waals surface area (Å²) in [5.41, 5.74) is 1.36. The fourth-order valence-electron chi connectivity index (χ4n) is 2.32. The maximum Gasteiger partial charge on any atom is 0.178 e. The Morgan fingerprint density at radius 2 is 1.62 bits per heavy atom. The van der Waals surface area contributed by atoms with Gasteiger partial charge in [-0.25, -0.2) is 0 Å². The molecule has 1 aromatic rings. The predicted octanol–water partition coefficient (Wildman–Crippen LogP) is 1.76. The fraction of sp³-hybridized carbons (Fsp3) is 0.538. The van der Waals surface area contributed by atoms with Crippen LogP contribution < -0.4 is 10.5 Å². The number of hydrogen-bond acceptors (Lipinski definition) is 2. The van der Waals surface area contributed by atoms with Gasteiger partial charge in [0, 0.05) is 12.6 Å². The monoisotopic (exact) mass is 214 g/mol. The predicted molar refractivity (Wildman–Crippen MR) is 68.2 cm³/mol. The van der Waals surface area contributed by atoms with Gasteiger partial charge < -0.3 is 10.5 Å². The van der Waals surface area contributed by atoms with Crippen LogP contribution in [0.3, 0.4) is 0 Å². The van der Waals surface area contributed by atoms with Crippen molar-refractivity contribution in [1.82, 2.24) is 10.5 Å². The smallest absolute Gasteiger partial charge is 0.178 e. The van der Waals surface area contributed by atoms with E-state index in [1.165, 1.54) is 31.2 Å². The molecule has 3 heteroatoms. The van der Waals surface area contributed by atoms with E-state index in [4.69, 9.17) is 7.98 Å². The molecule has 0 amide bonds. The van der Waals surface area contributed by atoms with Crippen LogP contribution in [0.2, 0.25) is 0 Å². The van der Waals surface area contributed by atoms with Crippen LogP contribution in [0.15, 0.2) is 30.3 Å². The SMILES string of the molecule is [B]NC1CCC(NCc2ccccc2)CC1. The highest BCUT2D eigenvalue weighted by Gasteiger charge is 2.18. The number of rotatable bonds is 4. The van der Waals surface area contributed by atoms with Crippen molar-refractivity contribution in [2.45, 2.75) is 44.3 Å². The van der Waals surface area contributed by atoms with Gasteiger partial charge in [0.1, 0.15) is 0 Å². The van der Waals surface area contributed by atoms with E-state index in [0.717, 1.165) is 6.54 Å². The Bertz CT molecular complexity index is 294. The molecule has 0 heterocycles. The van der Waals surface area contributed by atoms with Gasteiger partial charge in [-0.3, -0.25) is 0 Å². The molecule has 1 aliphatic rings. The molecule has 0 saturated heterocycles. The van der Waals surface area contributed by atoms with Crippen molar-refractivity contribution in [3.63, 3.8) is 0 Å². The highest BCUT2D eigenvalue weighted by molar-refractivity contribution is 6.04. The van der Waals surface area contributed by atoms with Crippen molar-refractivity contribution in [2.24, 2.45) is 0 Å². The summed E-state index contributed by atoms with van der Waals surface area (Å²) in [5.74, 6) is 0. The largest absolute Gasteiger partial charge is 0.364 e. The highest BCUT2D eigenvalue weighted by Crippen LogP contribution is 2.18. The standard InChI is InChI=1S/C13H19BN2/c14-16-13-8-6-12(7-9-13)15-10-11-4-2-1-3-5-11/h1-5,12-13,15-16H,6-10H2. The van der Waals surface area contributed by atoms with E-state index < -0.39 is 0 Å². The minimum absolute atomic E-state index is 0.523. The maximum absolute atomic E-state index is 5.44. The highest BCUT2D eigenvalue weighted by atomic mass is 14.9. The Hall–Kier alpha value is -0.795. The third kappa shape index (κ3) is 3.36. The zero-order valence-electron chi connectivity index (χ0n) is 9.65. The number of nitrogens with one attached hydrogen (secondary N) is 2. The first kappa shape index (κ1) is 11.7. The average Bonchev–Trinajstić information content (AvgIpc) is 2.38. The summed E-state index contributed by atoms with van der Waals surface area (Å²) >= 11 is 0. The van der Waals surface area contributed by atoms with Gasteiger partial charge >= 0.3 is 0 Å². The van der Waals surface area contributed by atoms with Crippen molar-refractivity contribution in [1.29, 1.82) is 0 Å². The lowest BCUT2D eigenvalue weighted by Gasteiger charge is -2.29. The van der Waals surface area contributed by atoms with Gasteiger partial charge in [-0.1, -0.05) is 30.3 Å². The molecule has 0 aliphatic heterocycles. The molecule has 0 bridgehead atoms.